The molecule has 0 aliphatic carbocycles. The predicted molar refractivity (Wildman–Crippen MR) is 85.0 cm³/mol. The van der Waals surface area contributed by atoms with Crippen LogP contribution in [0.2, 0.25) is 0 Å². The Morgan fingerprint density at radius 3 is 2.76 bits per heavy atom. The van der Waals surface area contributed by atoms with Gasteiger partial charge in [0.2, 0.25) is 0 Å². The molecule has 112 valence electrons. The molecule has 0 unspecified atom stereocenters. The number of hydrogen-bond acceptors (Lipinski definition) is 5. The summed E-state index contributed by atoms with van der Waals surface area (Å²) in [4.78, 5) is 8.54. The number of nitrogens with two attached hydrogens (primary N) is 1. The topological polar surface area (TPSA) is 73.1 Å². The number of aryl methyl sites for hydroxylation is 1. The van der Waals surface area contributed by atoms with Crippen molar-refractivity contribution in [2.75, 3.05) is 24.2 Å². The number of benzene rings is 1. The van der Waals surface area contributed by atoms with Crippen molar-refractivity contribution in [3.05, 3.63) is 47.8 Å². The summed E-state index contributed by atoms with van der Waals surface area (Å²) in [6.07, 6.45) is 2.08. The molecule has 5 nitrogen and oxygen atoms in total. The molecule has 0 atom stereocenters. The fourth-order valence-corrected chi connectivity index (χ4v) is 2.02. The number of nitrogens with zero attached hydrogens (tertiary/aromatic N) is 2. The summed E-state index contributed by atoms with van der Waals surface area (Å²) < 4.78 is 5.30. The fraction of sp³-hybridized carbons (Fsp3) is 0.375. The molecule has 1 aromatic carbocycles. The van der Waals surface area contributed by atoms with E-state index < -0.39 is 0 Å². The smallest absolute Gasteiger partial charge is 0.158 e. The molecule has 1 heterocycles. The second kappa shape index (κ2) is 8.21. The van der Waals surface area contributed by atoms with Crippen molar-refractivity contribution in [2.45, 2.75) is 26.4 Å². The van der Waals surface area contributed by atoms with Gasteiger partial charge in [-0.1, -0.05) is 30.3 Å². The van der Waals surface area contributed by atoms with E-state index in [1.807, 2.05) is 13.0 Å². The maximum absolute atomic E-state index is 5.78. The second-order valence-electron chi connectivity index (χ2n) is 4.75. The van der Waals surface area contributed by atoms with E-state index in [0.717, 1.165) is 25.2 Å². The van der Waals surface area contributed by atoms with E-state index in [1.54, 1.807) is 6.07 Å². The molecule has 0 bridgehead atoms. The zero-order valence-corrected chi connectivity index (χ0v) is 12.4. The van der Waals surface area contributed by atoms with E-state index >= 15 is 0 Å². The van der Waals surface area contributed by atoms with Gasteiger partial charge in [-0.2, -0.15) is 0 Å². The first-order chi connectivity index (χ1) is 10.3. The van der Waals surface area contributed by atoms with Crippen molar-refractivity contribution in [1.82, 2.24) is 9.97 Å². The van der Waals surface area contributed by atoms with E-state index in [9.17, 15) is 0 Å². The number of rotatable bonds is 8. The van der Waals surface area contributed by atoms with E-state index in [1.165, 1.54) is 5.56 Å². The maximum Gasteiger partial charge on any atom is 0.158 e. The minimum absolute atomic E-state index is 0.389. The monoisotopic (exact) mass is 286 g/mol. The normalized spacial score (nSPS) is 10.5. The van der Waals surface area contributed by atoms with Gasteiger partial charge in [0.25, 0.3) is 0 Å². The van der Waals surface area contributed by atoms with E-state index in [2.05, 4.69) is 39.6 Å². The van der Waals surface area contributed by atoms with Crippen LogP contribution in [0.1, 0.15) is 24.7 Å². The lowest BCUT2D eigenvalue weighted by Crippen LogP contribution is -2.09. The van der Waals surface area contributed by atoms with Gasteiger partial charge in [0.1, 0.15) is 18.2 Å². The first kappa shape index (κ1) is 15.3. The van der Waals surface area contributed by atoms with E-state index in [4.69, 9.17) is 10.5 Å². The number of ether oxygens (including phenoxy) is 1. The second-order valence-corrected chi connectivity index (χ2v) is 4.75. The van der Waals surface area contributed by atoms with E-state index in [-0.39, 0.29) is 0 Å². The molecular weight excluding hydrogens is 264 g/mol. The summed E-state index contributed by atoms with van der Waals surface area (Å²) >= 11 is 0. The number of nitrogens with one attached hydrogen (secondary N) is 1. The molecule has 0 aliphatic rings. The molecule has 0 amide bonds. The van der Waals surface area contributed by atoms with Gasteiger partial charge in [-0.3, -0.25) is 0 Å². The van der Waals surface area contributed by atoms with Crippen LogP contribution in [0.3, 0.4) is 0 Å². The summed E-state index contributed by atoms with van der Waals surface area (Å²) in [6, 6.07) is 12.2. The lowest BCUT2D eigenvalue weighted by molar-refractivity contribution is 0.128. The van der Waals surface area contributed by atoms with Gasteiger partial charge in [0.15, 0.2) is 5.82 Å². The lowest BCUT2D eigenvalue weighted by atomic mass is 10.1. The Hall–Kier alpha value is -2.14. The highest BCUT2D eigenvalue weighted by atomic mass is 16.5. The molecule has 0 radical (unpaired) electrons. The highest BCUT2D eigenvalue weighted by molar-refractivity contribution is 5.44. The minimum Gasteiger partial charge on any atom is -0.384 e. The van der Waals surface area contributed by atoms with Gasteiger partial charge < -0.3 is 15.8 Å². The molecule has 3 N–H and O–H groups in total. The van der Waals surface area contributed by atoms with Gasteiger partial charge in [-0.25, -0.2) is 9.97 Å². The molecule has 0 spiro atoms. The largest absolute Gasteiger partial charge is 0.384 e. The van der Waals surface area contributed by atoms with Crippen molar-refractivity contribution >= 4 is 11.6 Å². The molecule has 0 saturated heterocycles. The van der Waals surface area contributed by atoms with Crippen LogP contribution in [-0.4, -0.2) is 23.1 Å². The SMILES string of the molecule is CCOCc1nc(N)cc(NCCCc2ccccc2)n1. The Morgan fingerprint density at radius 2 is 2.00 bits per heavy atom. The molecule has 2 aromatic rings. The highest BCUT2D eigenvalue weighted by Gasteiger charge is 2.02. The Morgan fingerprint density at radius 1 is 1.19 bits per heavy atom. The van der Waals surface area contributed by atoms with Crippen LogP contribution in [0.15, 0.2) is 36.4 Å². The molecule has 0 aliphatic heterocycles. The highest BCUT2D eigenvalue weighted by Crippen LogP contribution is 2.10. The number of nitrogen functional groups attached to an aromatic ring is 1. The van der Waals surface area contributed by atoms with Gasteiger partial charge in [-0.05, 0) is 25.3 Å². The van der Waals surface area contributed by atoms with Crippen molar-refractivity contribution in [3.8, 4) is 0 Å². The van der Waals surface area contributed by atoms with Crippen LogP contribution in [0.4, 0.5) is 11.6 Å². The van der Waals surface area contributed by atoms with Crippen LogP contribution in [0.5, 0.6) is 0 Å². The minimum atomic E-state index is 0.389. The zero-order chi connectivity index (χ0) is 14.9. The van der Waals surface area contributed by atoms with Crippen molar-refractivity contribution < 1.29 is 4.74 Å². The standard InChI is InChI=1S/C16H22N4O/c1-2-21-12-16-19-14(17)11-15(20-16)18-10-6-9-13-7-4-3-5-8-13/h3-5,7-8,11H,2,6,9-10,12H2,1H3,(H3,17,18,19,20). The predicted octanol–water partition coefficient (Wildman–Crippen LogP) is 2.64. The molecule has 2 rings (SSSR count). The number of aromatic nitrogens is 2. The van der Waals surface area contributed by atoms with Gasteiger partial charge in [-0.15, -0.1) is 0 Å². The van der Waals surface area contributed by atoms with Crippen LogP contribution in [-0.2, 0) is 17.8 Å². The van der Waals surface area contributed by atoms with Crippen molar-refractivity contribution in [2.24, 2.45) is 0 Å². The Labute approximate surface area is 125 Å². The first-order valence-electron chi connectivity index (χ1n) is 7.27. The summed E-state index contributed by atoms with van der Waals surface area (Å²) in [5.74, 6) is 1.83. The van der Waals surface area contributed by atoms with Crippen molar-refractivity contribution in [1.29, 1.82) is 0 Å². The van der Waals surface area contributed by atoms with Crippen LogP contribution in [0.25, 0.3) is 0 Å². The number of hydrogen-bond donors (Lipinski definition) is 2. The van der Waals surface area contributed by atoms with E-state index in [0.29, 0.717) is 24.9 Å². The average molecular weight is 286 g/mol. The van der Waals surface area contributed by atoms with Gasteiger partial charge >= 0.3 is 0 Å². The first-order valence-corrected chi connectivity index (χ1v) is 7.27. The summed E-state index contributed by atoms with van der Waals surface area (Å²) in [5.41, 5.74) is 7.13. The molecule has 5 heteroatoms. The van der Waals surface area contributed by atoms with Crippen LogP contribution in [0, 0.1) is 0 Å². The fourth-order valence-electron chi connectivity index (χ4n) is 2.02. The Bertz CT molecular complexity index is 545. The molecule has 21 heavy (non-hydrogen) atoms. The quantitative estimate of drug-likeness (QED) is 0.730. The Kier molecular flexibility index (Phi) is 5.97. The average Bonchev–Trinajstić information content (AvgIpc) is 2.50. The lowest BCUT2D eigenvalue weighted by Gasteiger charge is -2.08. The third-order valence-corrected chi connectivity index (χ3v) is 3.02. The molecule has 0 saturated carbocycles. The zero-order valence-electron chi connectivity index (χ0n) is 12.4. The third-order valence-electron chi connectivity index (χ3n) is 3.02. The van der Waals surface area contributed by atoms with Crippen LogP contribution >= 0.6 is 0 Å². The maximum atomic E-state index is 5.78. The van der Waals surface area contributed by atoms with Crippen molar-refractivity contribution in [3.63, 3.8) is 0 Å². The number of anilines is 2. The third kappa shape index (κ3) is 5.39. The Balaban J connectivity index is 1.81. The molecule has 0 fully saturated rings. The summed E-state index contributed by atoms with van der Waals surface area (Å²) in [5, 5.41) is 3.29. The van der Waals surface area contributed by atoms with Crippen LogP contribution < -0.4 is 11.1 Å². The summed E-state index contributed by atoms with van der Waals surface area (Å²) in [6.45, 7) is 3.81. The summed E-state index contributed by atoms with van der Waals surface area (Å²) in [7, 11) is 0. The van der Waals surface area contributed by atoms with Gasteiger partial charge in [0.05, 0.1) is 0 Å². The molecular formula is C16H22N4O. The molecule has 1 aromatic heterocycles. The van der Waals surface area contributed by atoms with Gasteiger partial charge in [0, 0.05) is 19.2 Å².